The molecule has 8 heteroatoms. The van der Waals surface area contributed by atoms with Gasteiger partial charge in [-0.15, -0.1) is 11.3 Å². The van der Waals surface area contributed by atoms with Crippen molar-refractivity contribution < 1.29 is 13.7 Å². The van der Waals surface area contributed by atoms with Gasteiger partial charge in [-0.05, 0) is 57.2 Å². The third-order valence-corrected chi connectivity index (χ3v) is 6.60. The Morgan fingerprint density at radius 1 is 1.27 bits per heavy atom. The van der Waals surface area contributed by atoms with Gasteiger partial charge in [0.15, 0.2) is 5.76 Å². The van der Waals surface area contributed by atoms with Crippen LogP contribution in [0.1, 0.15) is 50.9 Å². The number of pyridine rings is 1. The molecule has 1 aliphatic rings. The van der Waals surface area contributed by atoms with Crippen LogP contribution in [0.3, 0.4) is 0 Å². The quantitative estimate of drug-likeness (QED) is 0.460. The molecule has 154 valence electrons. The van der Waals surface area contributed by atoms with Gasteiger partial charge in [0.05, 0.1) is 33.6 Å². The molecule has 0 saturated heterocycles. The molecule has 0 aliphatic heterocycles. The van der Waals surface area contributed by atoms with Gasteiger partial charge in [0.2, 0.25) is 0 Å². The van der Waals surface area contributed by atoms with Gasteiger partial charge in [-0.3, -0.25) is 4.79 Å². The zero-order valence-electron chi connectivity index (χ0n) is 16.7. The summed E-state index contributed by atoms with van der Waals surface area (Å²) in [6.07, 6.45) is 8.09. The van der Waals surface area contributed by atoms with Crippen molar-refractivity contribution in [3.63, 3.8) is 0 Å². The molecule has 0 fully saturated rings. The summed E-state index contributed by atoms with van der Waals surface area (Å²) >= 11 is 1.83. The molecule has 0 spiro atoms. The van der Waals surface area contributed by atoms with Crippen LogP contribution in [0.5, 0.6) is 0 Å². The van der Waals surface area contributed by atoms with E-state index >= 15 is 0 Å². The number of carbonyl (C=O) groups is 1. The van der Waals surface area contributed by atoms with Crippen molar-refractivity contribution in [3.05, 3.63) is 51.3 Å². The Kier molecular flexibility index (Phi) is 5.08. The predicted molar refractivity (Wildman–Crippen MR) is 114 cm³/mol. The predicted octanol–water partition coefficient (Wildman–Crippen LogP) is 4.49. The molecule has 0 saturated carbocycles. The summed E-state index contributed by atoms with van der Waals surface area (Å²) in [5.74, 6) is 0.410. The van der Waals surface area contributed by atoms with E-state index in [4.69, 9.17) is 13.9 Å². The molecule has 1 amide bonds. The highest BCUT2D eigenvalue weighted by Crippen LogP contribution is 2.28. The Balaban J connectivity index is 1.28. The lowest BCUT2D eigenvalue weighted by Gasteiger charge is -2.07. The lowest BCUT2D eigenvalue weighted by atomic mass is 10.0. The fourth-order valence-electron chi connectivity index (χ4n) is 3.87. The second kappa shape index (κ2) is 8.02. The molecular weight excluding hydrogens is 400 g/mol. The minimum Gasteiger partial charge on any atom is -0.463 e. The van der Waals surface area contributed by atoms with Crippen molar-refractivity contribution in [1.82, 2.24) is 20.4 Å². The van der Waals surface area contributed by atoms with Crippen LogP contribution in [-0.4, -0.2) is 27.6 Å². The Labute approximate surface area is 177 Å². The molecule has 0 radical (unpaired) electrons. The van der Waals surface area contributed by atoms with Crippen LogP contribution in [0.2, 0.25) is 0 Å². The number of thiazole rings is 1. The normalized spacial score (nSPS) is 13.5. The SMILES string of the molecule is Cc1noc2nc(-c3ccco3)cc(C(=O)NCCCc3nc4c(s3)CCCC4)c12. The number of nitrogens with one attached hydrogen (secondary N) is 1. The number of furan rings is 1. The average Bonchev–Trinajstić information content (AvgIpc) is 3.50. The van der Waals surface area contributed by atoms with Crippen molar-refractivity contribution in [2.75, 3.05) is 6.54 Å². The number of aromatic nitrogens is 3. The van der Waals surface area contributed by atoms with E-state index in [-0.39, 0.29) is 5.91 Å². The number of carbonyl (C=O) groups excluding carboxylic acids is 1. The third-order valence-electron chi connectivity index (χ3n) is 5.38. The minimum absolute atomic E-state index is 0.167. The van der Waals surface area contributed by atoms with Crippen LogP contribution < -0.4 is 5.32 Å². The van der Waals surface area contributed by atoms with Crippen LogP contribution in [0.15, 0.2) is 33.4 Å². The highest BCUT2D eigenvalue weighted by molar-refractivity contribution is 7.11. The van der Waals surface area contributed by atoms with Gasteiger partial charge in [0, 0.05) is 17.8 Å². The van der Waals surface area contributed by atoms with Crippen LogP contribution in [0, 0.1) is 6.92 Å². The molecule has 5 rings (SSSR count). The fourth-order valence-corrected chi connectivity index (χ4v) is 5.07. The summed E-state index contributed by atoms with van der Waals surface area (Å²) in [7, 11) is 0. The summed E-state index contributed by atoms with van der Waals surface area (Å²) in [6.45, 7) is 2.38. The van der Waals surface area contributed by atoms with Crippen molar-refractivity contribution in [2.24, 2.45) is 0 Å². The molecule has 0 bridgehead atoms. The molecule has 4 heterocycles. The molecule has 30 heavy (non-hydrogen) atoms. The number of hydrogen-bond acceptors (Lipinski definition) is 7. The first-order chi connectivity index (χ1) is 14.7. The van der Waals surface area contributed by atoms with Gasteiger partial charge < -0.3 is 14.3 Å². The van der Waals surface area contributed by atoms with Crippen molar-refractivity contribution in [2.45, 2.75) is 45.4 Å². The van der Waals surface area contributed by atoms with E-state index in [1.807, 2.05) is 11.3 Å². The Hall–Kier alpha value is -3.00. The van der Waals surface area contributed by atoms with E-state index in [1.165, 1.54) is 28.4 Å². The topological polar surface area (TPSA) is 94.0 Å². The minimum atomic E-state index is -0.167. The fraction of sp³-hybridized carbons (Fsp3) is 0.364. The van der Waals surface area contributed by atoms with Crippen LogP contribution >= 0.6 is 11.3 Å². The highest BCUT2D eigenvalue weighted by atomic mass is 32.1. The molecule has 1 aliphatic carbocycles. The average molecular weight is 423 g/mol. The van der Waals surface area contributed by atoms with E-state index in [0.29, 0.717) is 40.4 Å². The Morgan fingerprint density at radius 2 is 2.17 bits per heavy atom. The standard InChI is InChI=1S/C22H22N4O3S/c1-13-20-14(12-16(17-7-5-11-28-17)25-22(20)29-26-13)21(27)23-10-4-9-19-24-15-6-2-3-8-18(15)30-19/h5,7,11-12H,2-4,6,8-10H2,1H3,(H,23,27). The van der Waals surface area contributed by atoms with Crippen molar-refractivity contribution in [3.8, 4) is 11.5 Å². The molecule has 0 aromatic carbocycles. The second-order valence-corrected chi connectivity index (χ2v) is 8.69. The summed E-state index contributed by atoms with van der Waals surface area (Å²) in [5.41, 5.74) is 3.30. The highest BCUT2D eigenvalue weighted by Gasteiger charge is 2.20. The Bertz CT molecular complexity index is 1170. The number of hydrogen-bond donors (Lipinski definition) is 1. The smallest absolute Gasteiger partial charge is 0.259 e. The third kappa shape index (κ3) is 3.63. The molecular formula is C22H22N4O3S. The summed E-state index contributed by atoms with van der Waals surface area (Å²) < 4.78 is 10.7. The largest absolute Gasteiger partial charge is 0.463 e. The van der Waals surface area contributed by atoms with E-state index < -0.39 is 0 Å². The molecule has 4 aromatic heterocycles. The molecule has 7 nitrogen and oxygen atoms in total. The molecule has 4 aromatic rings. The van der Waals surface area contributed by atoms with Crippen LogP contribution in [-0.2, 0) is 19.3 Å². The van der Waals surface area contributed by atoms with Crippen LogP contribution in [0.4, 0.5) is 0 Å². The van der Waals surface area contributed by atoms with Gasteiger partial charge in [-0.25, -0.2) is 9.97 Å². The molecule has 1 N–H and O–H groups in total. The lowest BCUT2D eigenvalue weighted by molar-refractivity contribution is 0.0954. The van der Waals surface area contributed by atoms with E-state index in [9.17, 15) is 4.79 Å². The first kappa shape index (κ1) is 19.0. The summed E-state index contributed by atoms with van der Waals surface area (Å²) in [5, 5.41) is 8.81. The number of nitrogens with zero attached hydrogens (tertiary/aromatic N) is 3. The number of rotatable bonds is 6. The second-order valence-electron chi connectivity index (χ2n) is 7.52. The van der Waals surface area contributed by atoms with Gasteiger partial charge >= 0.3 is 0 Å². The van der Waals surface area contributed by atoms with E-state index in [1.54, 1.807) is 31.4 Å². The maximum atomic E-state index is 12.9. The van der Waals surface area contributed by atoms with Crippen LogP contribution in [0.25, 0.3) is 22.6 Å². The van der Waals surface area contributed by atoms with E-state index in [0.717, 1.165) is 25.7 Å². The van der Waals surface area contributed by atoms with E-state index in [2.05, 4.69) is 15.5 Å². The Morgan fingerprint density at radius 3 is 3.00 bits per heavy atom. The van der Waals surface area contributed by atoms with Gasteiger partial charge in [-0.1, -0.05) is 5.16 Å². The maximum Gasteiger partial charge on any atom is 0.259 e. The molecule has 0 unspecified atom stereocenters. The zero-order chi connectivity index (χ0) is 20.5. The number of amides is 1. The number of aryl methyl sites for hydroxylation is 4. The monoisotopic (exact) mass is 422 g/mol. The summed E-state index contributed by atoms with van der Waals surface area (Å²) in [4.78, 5) is 23.6. The zero-order valence-corrected chi connectivity index (χ0v) is 17.6. The lowest BCUT2D eigenvalue weighted by Crippen LogP contribution is -2.25. The maximum absolute atomic E-state index is 12.9. The van der Waals surface area contributed by atoms with Gasteiger partial charge in [0.25, 0.3) is 11.6 Å². The van der Waals surface area contributed by atoms with Crippen molar-refractivity contribution >= 4 is 28.3 Å². The first-order valence-corrected chi connectivity index (χ1v) is 11.1. The summed E-state index contributed by atoms with van der Waals surface area (Å²) in [6, 6.07) is 5.31. The van der Waals surface area contributed by atoms with Gasteiger partial charge in [0.1, 0.15) is 5.69 Å². The van der Waals surface area contributed by atoms with Gasteiger partial charge in [-0.2, -0.15) is 0 Å². The van der Waals surface area contributed by atoms with Crippen molar-refractivity contribution in [1.29, 1.82) is 0 Å². The molecule has 0 atom stereocenters. The first-order valence-electron chi connectivity index (χ1n) is 10.3. The number of fused-ring (bicyclic) bond motifs is 2.